The van der Waals surface area contributed by atoms with E-state index in [9.17, 15) is 4.79 Å². The van der Waals surface area contributed by atoms with Gasteiger partial charge >= 0.3 is 0 Å². The molecule has 0 aromatic heterocycles. The highest BCUT2D eigenvalue weighted by molar-refractivity contribution is 6.30. The highest BCUT2D eigenvalue weighted by atomic mass is 35.5. The van der Waals surface area contributed by atoms with E-state index in [1.807, 2.05) is 17.0 Å². The Bertz CT molecular complexity index is 431. The molecular weight excluding hydrogens is 238 g/mol. The summed E-state index contributed by atoms with van der Waals surface area (Å²) in [7, 11) is 0. The fourth-order valence-electron chi connectivity index (χ4n) is 1.94. The van der Waals surface area contributed by atoms with E-state index in [1.165, 1.54) is 0 Å². The van der Waals surface area contributed by atoms with Gasteiger partial charge in [0.25, 0.3) is 5.91 Å². The largest absolute Gasteiger partial charge is 0.483 e. The lowest BCUT2D eigenvalue weighted by Gasteiger charge is -2.22. The third-order valence-electron chi connectivity index (χ3n) is 2.67. The molecule has 1 aliphatic heterocycles. The highest BCUT2D eigenvalue weighted by Crippen LogP contribution is 2.26. The first-order valence-corrected chi connectivity index (χ1v) is 6.13. The number of carbonyl (C=O) groups excluding carboxylic acids is 1. The van der Waals surface area contributed by atoms with Gasteiger partial charge in [0.1, 0.15) is 5.75 Å². The molecule has 0 spiro atoms. The van der Waals surface area contributed by atoms with Gasteiger partial charge < -0.3 is 9.64 Å². The summed E-state index contributed by atoms with van der Waals surface area (Å²) in [6, 6.07) is 5.47. The molecule has 17 heavy (non-hydrogen) atoms. The number of ether oxygens (including phenoxy) is 1. The van der Waals surface area contributed by atoms with Gasteiger partial charge in [-0.15, -0.1) is 0 Å². The van der Waals surface area contributed by atoms with Crippen LogP contribution in [0.3, 0.4) is 0 Å². The van der Waals surface area contributed by atoms with Crippen LogP contribution >= 0.6 is 11.6 Å². The predicted molar refractivity (Wildman–Crippen MR) is 67.2 cm³/mol. The number of hydrogen-bond acceptors (Lipinski definition) is 2. The van der Waals surface area contributed by atoms with Gasteiger partial charge in [0.05, 0.1) is 0 Å². The first-order chi connectivity index (χ1) is 8.06. The summed E-state index contributed by atoms with van der Waals surface area (Å²) in [5.74, 6) is 1.24. The molecule has 2 rings (SSSR count). The van der Waals surface area contributed by atoms with Gasteiger partial charge in [-0.1, -0.05) is 25.4 Å². The van der Waals surface area contributed by atoms with Gasteiger partial charge in [-0.25, -0.2) is 0 Å². The van der Waals surface area contributed by atoms with Crippen LogP contribution < -0.4 is 4.74 Å². The summed E-state index contributed by atoms with van der Waals surface area (Å²) >= 11 is 5.96. The van der Waals surface area contributed by atoms with Crippen molar-refractivity contribution in [1.82, 2.24) is 4.90 Å². The Hall–Kier alpha value is -1.22. The van der Waals surface area contributed by atoms with E-state index in [4.69, 9.17) is 16.3 Å². The van der Waals surface area contributed by atoms with Gasteiger partial charge in [0, 0.05) is 23.7 Å². The topological polar surface area (TPSA) is 29.5 Å². The molecule has 1 aromatic rings. The fraction of sp³-hybridized carbons (Fsp3) is 0.462. The predicted octanol–water partition coefficient (Wildman–Crippen LogP) is 2.72. The SMILES string of the molecule is CC(C)CN1Cc2cc(Cl)ccc2OCC1=O. The Labute approximate surface area is 106 Å². The number of fused-ring (bicyclic) bond motifs is 1. The van der Waals surface area contributed by atoms with E-state index in [-0.39, 0.29) is 12.5 Å². The van der Waals surface area contributed by atoms with Crippen molar-refractivity contribution in [2.75, 3.05) is 13.2 Å². The number of carbonyl (C=O) groups is 1. The van der Waals surface area contributed by atoms with E-state index in [1.54, 1.807) is 6.07 Å². The van der Waals surface area contributed by atoms with Crippen LogP contribution in [0.15, 0.2) is 18.2 Å². The number of amides is 1. The number of benzene rings is 1. The Kier molecular flexibility index (Phi) is 3.57. The number of halogens is 1. The second-order valence-electron chi connectivity index (χ2n) is 4.71. The summed E-state index contributed by atoms with van der Waals surface area (Å²) < 4.78 is 5.48. The lowest BCUT2D eigenvalue weighted by Crippen LogP contribution is -2.35. The molecule has 0 unspecified atom stereocenters. The van der Waals surface area contributed by atoms with Crippen LogP contribution in [-0.4, -0.2) is 24.0 Å². The van der Waals surface area contributed by atoms with Crippen LogP contribution in [0.5, 0.6) is 5.75 Å². The molecule has 0 fully saturated rings. The Morgan fingerprint density at radius 2 is 2.24 bits per heavy atom. The lowest BCUT2D eigenvalue weighted by molar-refractivity contribution is -0.133. The average molecular weight is 254 g/mol. The van der Waals surface area contributed by atoms with Crippen molar-refractivity contribution in [2.45, 2.75) is 20.4 Å². The standard InChI is InChI=1S/C13H16ClNO2/c1-9(2)6-15-7-10-5-11(14)3-4-12(10)17-8-13(15)16/h3-5,9H,6-8H2,1-2H3. The van der Waals surface area contributed by atoms with E-state index >= 15 is 0 Å². The summed E-state index contributed by atoms with van der Waals surface area (Å²) in [5.41, 5.74) is 0.976. The van der Waals surface area contributed by atoms with Crippen molar-refractivity contribution in [3.05, 3.63) is 28.8 Å². The van der Waals surface area contributed by atoms with Gasteiger partial charge in [0.2, 0.25) is 0 Å². The molecule has 4 heteroatoms. The zero-order chi connectivity index (χ0) is 12.4. The van der Waals surface area contributed by atoms with Crippen LogP contribution in [0.25, 0.3) is 0 Å². The quantitative estimate of drug-likeness (QED) is 0.811. The molecule has 0 aliphatic carbocycles. The maximum Gasteiger partial charge on any atom is 0.260 e. The molecule has 1 amide bonds. The molecule has 0 saturated heterocycles. The number of hydrogen-bond donors (Lipinski definition) is 0. The van der Waals surface area contributed by atoms with Crippen molar-refractivity contribution < 1.29 is 9.53 Å². The van der Waals surface area contributed by atoms with Crippen LogP contribution in [0.1, 0.15) is 19.4 Å². The minimum absolute atomic E-state index is 0.0334. The number of rotatable bonds is 2. The molecule has 0 radical (unpaired) electrons. The molecular formula is C13H16ClNO2. The first-order valence-electron chi connectivity index (χ1n) is 5.75. The fourth-order valence-corrected chi connectivity index (χ4v) is 2.14. The molecule has 0 atom stereocenters. The van der Waals surface area contributed by atoms with Gasteiger partial charge in [-0.05, 0) is 24.1 Å². The Morgan fingerprint density at radius 3 is 2.94 bits per heavy atom. The average Bonchev–Trinajstić information content (AvgIpc) is 2.39. The summed E-state index contributed by atoms with van der Waals surface area (Å²) in [5, 5.41) is 0.672. The van der Waals surface area contributed by atoms with Gasteiger partial charge in [0.15, 0.2) is 6.61 Å². The molecule has 1 heterocycles. The van der Waals surface area contributed by atoms with Crippen LogP contribution in [0, 0.1) is 5.92 Å². The molecule has 0 N–H and O–H groups in total. The van der Waals surface area contributed by atoms with E-state index in [0.717, 1.165) is 17.9 Å². The third-order valence-corrected chi connectivity index (χ3v) is 2.91. The van der Waals surface area contributed by atoms with Gasteiger partial charge in [-0.2, -0.15) is 0 Å². The Balaban J connectivity index is 2.25. The first kappa shape index (κ1) is 12.2. The second kappa shape index (κ2) is 4.96. The molecule has 0 bridgehead atoms. The van der Waals surface area contributed by atoms with Crippen molar-refractivity contribution in [1.29, 1.82) is 0 Å². The molecule has 1 aromatic carbocycles. The lowest BCUT2D eigenvalue weighted by atomic mass is 10.1. The molecule has 1 aliphatic rings. The van der Waals surface area contributed by atoms with E-state index in [0.29, 0.717) is 17.5 Å². The minimum Gasteiger partial charge on any atom is -0.483 e. The van der Waals surface area contributed by atoms with Crippen LogP contribution in [-0.2, 0) is 11.3 Å². The van der Waals surface area contributed by atoms with E-state index in [2.05, 4.69) is 13.8 Å². The molecule has 92 valence electrons. The van der Waals surface area contributed by atoms with E-state index < -0.39 is 0 Å². The van der Waals surface area contributed by atoms with Crippen molar-refractivity contribution in [3.63, 3.8) is 0 Å². The van der Waals surface area contributed by atoms with Crippen molar-refractivity contribution in [2.24, 2.45) is 5.92 Å². The third kappa shape index (κ3) is 2.91. The minimum atomic E-state index is 0.0334. The zero-order valence-corrected chi connectivity index (χ0v) is 10.8. The molecule has 3 nitrogen and oxygen atoms in total. The summed E-state index contributed by atoms with van der Waals surface area (Å²) in [6.45, 7) is 5.62. The monoisotopic (exact) mass is 253 g/mol. The van der Waals surface area contributed by atoms with Gasteiger partial charge in [-0.3, -0.25) is 4.79 Å². The van der Waals surface area contributed by atoms with Crippen LogP contribution in [0.2, 0.25) is 5.02 Å². The Morgan fingerprint density at radius 1 is 1.47 bits per heavy atom. The normalized spacial score (nSPS) is 15.5. The second-order valence-corrected chi connectivity index (χ2v) is 5.15. The highest BCUT2D eigenvalue weighted by Gasteiger charge is 2.22. The van der Waals surface area contributed by atoms with Crippen molar-refractivity contribution in [3.8, 4) is 5.75 Å². The zero-order valence-electron chi connectivity index (χ0n) is 10.1. The van der Waals surface area contributed by atoms with Crippen molar-refractivity contribution >= 4 is 17.5 Å². The summed E-state index contributed by atoms with van der Waals surface area (Å²) in [4.78, 5) is 13.7. The smallest absolute Gasteiger partial charge is 0.260 e. The number of nitrogens with zero attached hydrogens (tertiary/aromatic N) is 1. The maximum atomic E-state index is 11.9. The molecule has 0 saturated carbocycles. The summed E-state index contributed by atoms with van der Waals surface area (Å²) in [6.07, 6.45) is 0. The van der Waals surface area contributed by atoms with Crippen LogP contribution in [0.4, 0.5) is 0 Å². The maximum absolute atomic E-state index is 11.9.